The number of nitro benzene ring substituents is 1. The van der Waals surface area contributed by atoms with E-state index in [1.54, 1.807) is 6.07 Å². The Hall–Kier alpha value is -2.55. The molecule has 1 aromatic rings. The van der Waals surface area contributed by atoms with Gasteiger partial charge in [0.2, 0.25) is 0 Å². The Balaban J connectivity index is 3.71. The van der Waals surface area contributed by atoms with E-state index in [2.05, 4.69) is 0 Å². The van der Waals surface area contributed by atoms with Crippen LogP contribution in [0.5, 0.6) is 0 Å². The average molecular weight is 218 g/mol. The first-order valence-corrected chi connectivity index (χ1v) is 4.20. The Labute approximate surface area is 90.3 Å². The van der Waals surface area contributed by atoms with Crippen molar-refractivity contribution in [1.82, 2.24) is 0 Å². The third-order valence-corrected chi connectivity index (χ3v) is 2.00. The van der Waals surface area contributed by atoms with Crippen LogP contribution in [-0.2, 0) is 0 Å². The summed E-state index contributed by atoms with van der Waals surface area (Å²) >= 11 is 0. The second kappa shape index (κ2) is 4.31. The summed E-state index contributed by atoms with van der Waals surface area (Å²) in [5, 5.41) is 19.4. The van der Waals surface area contributed by atoms with Gasteiger partial charge in [0.25, 0.3) is 5.69 Å². The zero-order valence-electron chi connectivity index (χ0n) is 8.26. The topological polar surface area (TPSA) is 101 Å². The van der Waals surface area contributed by atoms with Crippen LogP contribution in [-0.4, -0.2) is 17.0 Å². The second-order valence-electron chi connectivity index (χ2n) is 2.97. The number of carbonyl (C=O) groups excluding carboxylic acids is 2. The van der Waals surface area contributed by atoms with E-state index in [9.17, 15) is 19.7 Å². The minimum atomic E-state index is -0.764. The van der Waals surface area contributed by atoms with Crippen molar-refractivity contribution in [2.45, 2.75) is 6.92 Å². The predicted molar refractivity (Wildman–Crippen MR) is 53.2 cm³/mol. The molecule has 0 aromatic heterocycles. The molecular weight excluding hydrogens is 212 g/mol. The molecule has 0 radical (unpaired) electrons. The van der Waals surface area contributed by atoms with E-state index in [0.717, 1.165) is 19.1 Å². The predicted octanol–water partition coefficient (Wildman–Crippen LogP) is 1.48. The first-order chi connectivity index (χ1) is 7.52. The SMILES string of the molecule is CC(=O)c1c(C=O)ccc([N+](=O)[O-])c1C#N. The molecule has 1 aromatic carbocycles. The van der Waals surface area contributed by atoms with Crippen molar-refractivity contribution in [1.29, 1.82) is 5.26 Å². The molecule has 1 rings (SSSR count). The fourth-order valence-corrected chi connectivity index (χ4v) is 1.35. The van der Waals surface area contributed by atoms with E-state index in [0.29, 0.717) is 6.29 Å². The highest BCUT2D eigenvalue weighted by Crippen LogP contribution is 2.24. The van der Waals surface area contributed by atoms with Crippen molar-refractivity contribution in [3.8, 4) is 6.07 Å². The standard InChI is InChI=1S/C10H6N2O4/c1-6(14)10-7(5-13)2-3-9(12(15)16)8(10)4-11/h2-3,5H,1H3. The van der Waals surface area contributed by atoms with Crippen LogP contribution in [0, 0.1) is 21.4 Å². The molecule has 0 bridgehead atoms. The maximum absolute atomic E-state index is 11.2. The third kappa shape index (κ3) is 1.79. The molecule has 0 saturated heterocycles. The van der Waals surface area contributed by atoms with Crippen LogP contribution in [0.2, 0.25) is 0 Å². The van der Waals surface area contributed by atoms with E-state index in [1.807, 2.05) is 0 Å². The molecule has 0 N–H and O–H groups in total. The molecule has 0 unspecified atom stereocenters. The number of nitriles is 1. The van der Waals surface area contributed by atoms with Gasteiger partial charge in [-0.2, -0.15) is 5.26 Å². The van der Waals surface area contributed by atoms with Gasteiger partial charge in [0.1, 0.15) is 11.6 Å². The number of Topliss-reactive ketones (excluding diaryl/α,β-unsaturated/α-hetero) is 1. The number of aldehydes is 1. The number of rotatable bonds is 3. The second-order valence-corrected chi connectivity index (χ2v) is 2.97. The maximum Gasteiger partial charge on any atom is 0.287 e. The summed E-state index contributed by atoms with van der Waals surface area (Å²) in [4.78, 5) is 31.7. The Morgan fingerprint density at radius 1 is 1.56 bits per heavy atom. The van der Waals surface area contributed by atoms with Gasteiger partial charge in [0.05, 0.1) is 10.5 Å². The molecule has 0 aliphatic rings. The molecule has 6 heteroatoms. The van der Waals surface area contributed by atoms with Gasteiger partial charge in [-0.1, -0.05) is 0 Å². The minimum absolute atomic E-state index is 0.0188. The van der Waals surface area contributed by atoms with Crippen LogP contribution in [0.25, 0.3) is 0 Å². The van der Waals surface area contributed by atoms with E-state index < -0.39 is 16.4 Å². The molecule has 0 amide bonds. The Morgan fingerprint density at radius 3 is 2.56 bits per heavy atom. The molecule has 0 saturated carbocycles. The van der Waals surface area contributed by atoms with Crippen molar-refractivity contribution in [3.05, 3.63) is 38.9 Å². The van der Waals surface area contributed by atoms with Gasteiger partial charge < -0.3 is 0 Å². The van der Waals surface area contributed by atoms with E-state index in [-0.39, 0.29) is 16.7 Å². The van der Waals surface area contributed by atoms with Crippen LogP contribution in [0.1, 0.15) is 33.2 Å². The van der Waals surface area contributed by atoms with Crippen LogP contribution < -0.4 is 0 Å². The third-order valence-electron chi connectivity index (χ3n) is 2.00. The lowest BCUT2D eigenvalue weighted by Gasteiger charge is -2.03. The number of benzene rings is 1. The highest BCUT2D eigenvalue weighted by molar-refractivity contribution is 6.04. The lowest BCUT2D eigenvalue weighted by Crippen LogP contribution is -2.05. The number of ketones is 1. The van der Waals surface area contributed by atoms with Gasteiger partial charge in [-0.05, 0) is 13.0 Å². The molecule has 0 aliphatic heterocycles. The quantitative estimate of drug-likeness (QED) is 0.331. The fourth-order valence-electron chi connectivity index (χ4n) is 1.35. The van der Waals surface area contributed by atoms with E-state index >= 15 is 0 Å². The van der Waals surface area contributed by atoms with E-state index in [4.69, 9.17) is 5.26 Å². The molecule has 0 aliphatic carbocycles. The number of nitro groups is 1. The van der Waals surface area contributed by atoms with Crippen molar-refractivity contribution < 1.29 is 14.5 Å². The first kappa shape index (κ1) is 11.5. The molecule has 0 atom stereocenters. The fraction of sp³-hybridized carbons (Fsp3) is 0.100. The summed E-state index contributed by atoms with van der Waals surface area (Å²) in [6, 6.07) is 3.77. The molecule has 80 valence electrons. The molecular formula is C10H6N2O4. The van der Waals surface area contributed by atoms with Gasteiger partial charge in [0.15, 0.2) is 12.1 Å². The normalized spacial score (nSPS) is 9.25. The lowest BCUT2D eigenvalue weighted by atomic mass is 9.98. The van der Waals surface area contributed by atoms with Crippen LogP contribution in [0.3, 0.4) is 0 Å². The number of carbonyl (C=O) groups is 2. The minimum Gasteiger partial charge on any atom is -0.298 e. The smallest absolute Gasteiger partial charge is 0.287 e. The van der Waals surface area contributed by atoms with Crippen LogP contribution in [0.15, 0.2) is 12.1 Å². The molecule has 6 nitrogen and oxygen atoms in total. The van der Waals surface area contributed by atoms with Crippen molar-refractivity contribution in [2.75, 3.05) is 0 Å². The molecule has 16 heavy (non-hydrogen) atoms. The summed E-state index contributed by atoms with van der Waals surface area (Å²) < 4.78 is 0. The summed E-state index contributed by atoms with van der Waals surface area (Å²) in [7, 11) is 0. The van der Waals surface area contributed by atoms with Gasteiger partial charge in [-0.3, -0.25) is 19.7 Å². The number of hydrogen-bond donors (Lipinski definition) is 0. The van der Waals surface area contributed by atoms with Crippen molar-refractivity contribution >= 4 is 17.8 Å². The summed E-state index contributed by atoms with van der Waals surface area (Å²) in [6.45, 7) is 1.15. The summed E-state index contributed by atoms with van der Waals surface area (Å²) in [5.74, 6) is -0.553. The van der Waals surface area contributed by atoms with Crippen molar-refractivity contribution in [3.63, 3.8) is 0 Å². The highest BCUT2D eigenvalue weighted by Gasteiger charge is 2.22. The maximum atomic E-state index is 11.2. The summed E-state index contributed by atoms with van der Waals surface area (Å²) in [5.41, 5.74) is -1.07. The van der Waals surface area contributed by atoms with Crippen LogP contribution >= 0.6 is 0 Å². The van der Waals surface area contributed by atoms with Crippen LogP contribution in [0.4, 0.5) is 5.69 Å². The van der Waals surface area contributed by atoms with E-state index in [1.165, 1.54) is 0 Å². The van der Waals surface area contributed by atoms with Gasteiger partial charge in [0, 0.05) is 11.6 Å². The summed E-state index contributed by atoms with van der Waals surface area (Å²) in [6.07, 6.45) is 0.390. The van der Waals surface area contributed by atoms with Gasteiger partial charge in [-0.15, -0.1) is 0 Å². The average Bonchev–Trinajstić information content (AvgIpc) is 2.26. The largest absolute Gasteiger partial charge is 0.298 e. The highest BCUT2D eigenvalue weighted by atomic mass is 16.6. The lowest BCUT2D eigenvalue weighted by molar-refractivity contribution is -0.385. The Morgan fingerprint density at radius 2 is 2.19 bits per heavy atom. The van der Waals surface area contributed by atoms with Gasteiger partial charge >= 0.3 is 0 Å². The Bertz CT molecular complexity index is 528. The van der Waals surface area contributed by atoms with Crippen molar-refractivity contribution in [2.24, 2.45) is 0 Å². The Kier molecular flexibility index (Phi) is 3.11. The first-order valence-electron chi connectivity index (χ1n) is 4.20. The zero-order chi connectivity index (χ0) is 12.3. The molecule has 0 spiro atoms. The molecule has 0 heterocycles. The van der Waals surface area contributed by atoms with Gasteiger partial charge in [-0.25, -0.2) is 0 Å². The zero-order valence-corrected chi connectivity index (χ0v) is 8.26. The number of nitrogens with zero attached hydrogens (tertiary/aromatic N) is 2. The number of hydrogen-bond acceptors (Lipinski definition) is 5. The monoisotopic (exact) mass is 218 g/mol. The molecule has 0 fully saturated rings.